The number of hydrogen-bond donors (Lipinski definition) is 6. The molecule has 2 rings (SSSR count). The van der Waals surface area contributed by atoms with Crippen molar-refractivity contribution in [1.82, 2.24) is 16.0 Å². The molecule has 6 N–H and O–H groups in total. The Bertz CT molecular complexity index is 1550. The van der Waals surface area contributed by atoms with E-state index in [4.69, 9.17) is 5.11 Å². The van der Waals surface area contributed by atoms with Gasteiger partial charge in [0.05, 0.1) is 53.9 Å². The Hall–Kier alpha value is -1.86. The Kier molecular flexibility index (Phi) is 13.8. The Morgan fingerprint density at radius 3 is 1.79 bits per heavy atom. The molecule has 0 aliphatic heterocycles. The van der Waals surface area contributed by atoms with E-state index < -0.39 is 36.1 Å². The Morgan fingerprint density at radius 1 is 0.767 bits per heavy atom. The summed E-state index contributed by atoms with van der Waals surface area (Å²) in [6, 6.07) is 0. The van der Waals surface area contributed by atoms with Gasteiger partial charge in [-0.1, -0.05) is 0 Å². The van der Waals surface area contributed by atoms with Crippen LogP contribution < -0.4 is 26.2 Å². The van der Waals surface area contributed by atoms with E-state index >= 15 is 0 Å². The lowest BCUT2D eigenvalue weighted by Crippen LogP contribution is -2.36. The average Bonchev–Trinajstić information content (AvgIpc) is 2.92. The van der Waals surface area contributed by atoms with Gasteiger partial charge >= 0.3 is 5.97 Å². The second-order valence-electron chi connectivity index (χ2n) is 8.90. The predicted molar refractivity (Wildman–Crippen MR) is 193 cm³/mol. The quantitative estimate of drug-likeness (QED) is 0.196. The van der Waals surface area contributed by atoms with Crippen LogP contribution in [0.2, 0.25) is 0 Å². The Morgan fingerprint density at radius 2 is 1.30 bits per heavy atom. The number of amides is 5. The fourth-order valence-electron chi connectivity index (χ4n) is 4.04. The number of halogens is 4. The lowest BCUT2D eigenvalue weighted by Gasteiger charge is -2.24. The molecule has 17 heteroatoms. The number of nitrogens with zero attached hydrogens (tertiary/aromatic N) is 1. The molecule has 0 fully saturated rings. The summed E-state index contributed by atoms with van der Waals surface area (Å²) in [5.74, 6) is -4.10. The van der Waals surface area contributed by atoms with Gasteiger partial charge in [-0.3, -0.25) is 24.0 Å². The van der Waals surface area contributed by atoms with Crippen LogP contribution in [-0.4, -0.2) is 79.5 Å². The molecule has 0 bridgehead atoms. The molecule has 0 saturated heterocycles. The Labute approximate surface area is 301 Å². The van der Waals surface area contributed by atoms with Crippen LogP contribution in [0.4, 0.5) is 11.4 Å². The molecular weight excluding hydrogens is 1020 g/mol. The number of carboxylic acid groups (broad SMARTS) is 1. The molecular formula is C26H27I4N5O8. The second kappa shape index (κ2) is 15.9. The van der Waals surface area contributed by atoms with Gasteiger partial charge in [-0.2, -0.15) is 0 Å². The van der Waals surface area contributed by atoms with Gasteiger partial charge in [0.15, 0.2) is 0 Å². The molecule has 2 aromatic rings. The van der Waals surface area contributed by atoms with Crippen molar-refractivity contribution in [2.45, 2.75) is 20.8 Å². The molecule has 0 radical (unpaired) electrons. The zero-order valence-corrected chi connectivity index (χ0v) is 32.1. The highest BCUT2D eigenvalue weighted by molar-refractivity contribution is 14.1. The molecule has 5 amide bonds. The van der Waals surface area contributed by atoms with Crippen LogP contribution in [0.1, 0.15) is 59.5 Å². The number of carboxylic acids is 1. The van der Waals surface area contributed by atoms with Crippen molar-refractivity contribution >= 4 is 137 Å². The van der Waals surface area contributed by atoms with Crippen molar-refractivity contribution in [2.75, 3.05) is 44.0 Å². The minimum Gasteiger partial charge on any atom is -0.478 e. The lowest BCUT2D eigenvalue weighted by atomic mass is 9.95. The first-order valence-electron chi connectivity index (χ1n) is 12.2. The van der Waals surface area contributed by atoms with E-state index in [9.17, 15) is 33.9 Å². The third-order valence-electron chi connectivity index (χ3n) is 6.23. The summed E-state index contributed by atoms with van der Waals surface area (Å²) in [6.45, 7) is 3.40. The molecule has 0 aliphatic rings. The maximum Gasteiger partial charge on any atom is 0.336 e. The number of nitrogens with one attached hydrogen (secondary N) is 4. The second-order valence-corrected chi connectivity index (χ2v) is 13.2. The molecule has 0 spiro atoms. The molecule has 0 saturated carbocycles. The number of anilines is 2. The topological polar surface area (TPSA) is 194 Å². The van der Waals surface area contributed by atoms with E-state index in [-0.39, 0.29) is 61.7 Å². The molecule has 2 aromatic carbocycles. The normalized spacial score (nSPS) is 10.6. The van der Waals surface area contributed by atoms with Crippen LogP contribution in [-0.2, 0) is 9.59 Å². The SMILES string of the molecule is CNC(=O)c1c(I)c(C(=O)NCC(=O)Nc2c(C)c(C(=O)O)c(C)c(C(=O)NCCO)c2I)c(I)c(N(C)C(C)=O)c1I. The third kappa shape index (κ3) is 8.06. The first-order valence-corrected chi connectivity index (χ1v) is 16.5. The van der Waals surface area contributed by atoms with Crippen LogP contribution in [0.3, 0.4) is 0 Å². The van der Waals surface area contributed by atoms with Gasteiger partial charge in [-0.25, -0.2) is 4.79 Å². The molecule has 232 valence electrons. The summed E-state index contributed by atoms with van der Waals surface area (Å²) in [6.07, 6.45) is 0. The largest absolute Gasteiger partial charge is 0.478 e. The van der Waals surface area contributed by atoms with Crippen molar-refractivity contribution in [2.24, 2.45) is 0 Å². The maximum absolute atomic E-state index is 13.4. The number of aliphatic hydroxyl groups is 1. The van der Waals surface area contributed by atoms with Gasteiger partial charge in [0.1, 0.15) is 0 Å². The smallest absolute Gasteiger partial charge is 0.336 e. The minimum atomic E-state index is -1.30. The van der Waals surface area contributed by atoms with Crippen LogP contribution in [0.5, 0.6) is 0 Å². The van der Waals surface area contributed by atoms with Crippen molar-refractivity contribution in [3.8, 4) is 0 Å². The van der Waals surface area contributed by atoms with Crippen LogP contribution in [0.15, 0.2) is 0 Å². The van der Waals surface area contributed by atoms with Gasteiger partial charge < -0.3 is 36.4 Å². The number of rotatable bonds is 10. The number of carbonyl (C=O) groups excluding carboxylic acids is 5. The summed E-state index contributed by atoms with van der Waals surface area (Å²) < 4.78 is 1.46. The summed E-state index contributed by atoms with van der Waals surface area (Å²) >= 11 is 7.57. The standard InChI is InChI=1S/C26H27I4N5O8/c1-9-13(26(42)43)10(2)21(18(28)14(9)24(40)32-6-7-36)34-12(38)8-33-25(41)16-17(27)15(23(39)31-4)19(29)22(20(16)30)35(5)11(3)37/h36H,6-8H2,1-5H3,(H,31,39)(H,32,40)(H,33,41)(H,34,38)(H,42,43). The number of aliphatic hydroxyl groups excluding tert-OH is 1. The van der Waals surface area contributed by atoms with Gasteiger partial charge in [0.25, 0.3) is 17.7 Å². The summed E-state index contributed by atoms with van der Waals surface area (Å²) in [4.78, 5) is 77.6. The lowest BCUT2D eigenvalue weighted by molar-refractivity contribution is -0.116. The monoisotopic (exact) mass is 1040 g/mol. The molecule has 0 atom stereocenters. The Balaban J connectivity index is 2.50. The van der Waals surface area contributed by atoms with Crippen molar-refractivity contribution in [3.63, 3.8) is 0 Å². The molecule has 0 aromatic heterocycles. The van der Waals surface area contributed by atoms with E-state index in [1.165, 1.54) is 39.8 Å². The number of aromatic carboxylic acids is 1. The van der Waals surface area contributed by atoms with E-state index in [0.29, 0.717) is 16.4 Å². The van der Waals surface area contributed by atoms with E-state index in [0.717, 1.165) is 0 Å². The average molecular weight is 1050 g/mol. The van der Waals surface area contributed by atoms with E-state index in [2.05, 4.69) is 21.3 Å². The van der Waals surface area contributed by atoms with E-state index in [1.807, 2.05) is 90.4 Å². The van der Waals surface area contributed by atoms with Crippen molar-refractivity contribution < 1.29 is 39.0 Å². The molecule has 0 aliphatic carbocycles. The first kappa shape index (κ1) is 37.3. The highest BCUT2D eigenvalue weighted by atomic mass is 127. The van der Waals surface area contributed by atoms with Crippen LogP contribution >= 0.6 is 90.4 Å². The minimum absolute atomic E-state index is 0.0308. The van der Waals surface area contributed by atoms with Crippen molar-refractivity contribution in [1.29, 1.82) is 0 Å². The highest BCUT2D eigenvalue weighted by Gasteiger charge is 2.31. The molecule has 13 nitrogen and oxygen atoms in total. The van der Waals surface area contributed by atoms with Gasteiger partial charge in [0, 0.05) is 34.7 Å². The number of carbonyl (C=O) groups is 6. The zero-order valence-electron chi connectivity index (χ0n) is 23.4. The maximum atomic E-state index is 13.4. The fraction of sp³-hybridized carbons (Fsp3) is 0.308. The van der Waals surface area contributed by atoms with E-state index in [1.54, 1.807) is 0 Å². The third-order valence-corrected chi connectivity index (χ3v) is 10.5. The molecule has 43 heavy (non-hydrogen) atoms. The number of benzene rings is 2. The molecule has 0 heterocycles. The fourth-order valence-corrected chi connectivity index (χ4v) is 10.1. The zero-order chi connectivity index (χ0) is 32.9. The highest BCUT2D eigenvalue weighted by Crippen LogP contribution is 2.38. The predicted octanol–water partition coefficient (Wildman–Crippen LogP) is 2.85. The first-order chi connectivity index (χ1) is 20.0. The van der Waals surface area contributed by atoms with Crippen LogP contribution in [0, 0.1) is 28.1 Å². The number of hydrogen-bond acceptors (Lipinski definition) is 7. The van der Waals surface area contributed by atoms with Crippen molar-refractivity contribution in [3.05, 3.63) is 47.7 Å². The summed E-state index contributed by atoms with van der Waals surface area (Å²) in [5, 5.41) is 29.1. The molecule has 0 unspecified atom stereocenters. The van der Waals surface area contributed by atoms with Crippen LogP contribution in [0.25, 0.3) is 0 Å². The summed E-state index contributed by atoms with van der Waals surface area (Å²) in [7, 11) is 2.96. The van der Waals surface area contributed by atoms with Gasteiger partial charge in [0.2, 0.25) is 11.8 Å². The van der Waals surface area contributed by atoms with Gasteiger partial charge in [-0.05, 0) is 115 Å². The van der Waals surface area contributed by atoms with Gasteiger partial charge in [-0.15, -0.1) is 0 Å². The summed E-state index contributed by atoms with van der Waals surface area (Å²) in [5.41, 5.74) is 0.999.